The van der Waals surface area contributed by atoms with E-state index >= 15 is 0 Å². The molecule has 0 aromatic heterocycles. The molecule has 4 aliphatic carbocycles. The first-order valence-corrected chi connectivity index (χ1v) is 12.7. The quantitative estimate of drug-likeness (QED) is 0.528. The van der Waals surface area contributed by atoms with Crippen LogP contribution in [0.25, 0.3) is 0 Å². The Morgan fingerprint density at radius 2 is 1.40 bits per heavy atom. The number of hydrogen-bond donors (Lipinski definition) is 0. The Bertz CT molecular complexity index is 672. The van der Waals surface area contributed by atoms with Crippen molar-refractivity contribution in [1.29, 1.82) is 0 Å². The van der Waals surface area contributed by atoms with Gasteiger partial charge >= 0.3 is 0 Å². The maximum Gasteiger partial charge on any atom is 0.139 e. The van der Waals surface area contributed by atoms with Crippen LogP contribution >= 0.6 is 0 Å². The monoisotopic (exact) mass is 408 g/mol. The molecule has 3 nitrogen and oxygen atoms in total. The second-order valence-corrected chi connectivity index (χ2v) is 11.0. The second-order valence-electron chi connectivity index (χ2n) is 11.0. The van der Waals surface area contributed by atoms with Gasteiger partial charge in [0.2, 0.25) is 0 Å². The first-order chi connectivity index (χ1) is 14.7. The van der Waals surface area contributed by atoms with Crippen LogP contribution in [0.4, 0.5) is 0 Å². The molecule has 1 heterocycles. The van der Waals surface area contributed by atoms with E-state index in [-0.39, 0.29) is 5.41 Å². The molecule has 4 saturated carbocycles. The zero-order valence-electron chi connectivity index (χ0n) is 18.7. The van der Waals surface area contributed by atoms with Crippen molar-refractivity contribution in [2.75, 3.05) is 32.7 Å². The van der Waals surface area contributed by atoms with Crippen LogP contribution in [0.1, 0.15) is 69.8 Å². The predicted octanol–water partition coefficient (Wildman–Crippen LogP) is 5.15. The largest absolute Gasteiger partial charge is 0.301 e. The molecule has 6 rings (SSSR count). The fraction of sp³-hybridized carbons (Fsp3) is 0.741. The number of rotatable bonds is 9. The van der Waals surface area contributed by atoms with Crippen LogP contribution in [0.2, 0.25) is 0 Å². The topological polar surface area (TPSA) is 23.6 Å². The number of unbranched alkanes of at least 4 members (excludes halogenated alkanes) is 2. The minimum Gasteiger partial charge on any atom is -0.301 e. The van der Waals surface area contributed by atoms with Crippen LogP contribution in [0.15, 0.2) is 30.3 Å². The van der Waals surface area contributed by atoms with E-state index in [1.165, 1.54) is 89.7 Å². The molecule has 5 aliphatic rings. The molecular formula is C27H40N2O. The lowest BCUT2D eigenvalue weighted by Crippen LogP contribution is -2.49. The molecule has 0 amide bonds. The van der Waals surface area contributed by atoms with E-state index in [1.807, 2.05) is 0 Å². The summed E-state index contributed by atoms with van der Waals surface area (Å²) in [6.07, 6.45) is 12.5. The Kier molecular flexibility index (Phi) is 6.29. The van der Waals surface area contributed by atoms with E-state index < -0.39 is 0 Å². The standard InChI is InChI=1S/C27H40N2O/c30-26(27-18-23-15-24(19-27)17-25(16-23)20-27)9-5-2-6-10-28-11-13-29(14-12-28)21-22-7-3-1-4-8-22/h1,3-4,7-8,23-25H,2,5-6,9-21H2. The summed E-state index contributed by atoms with van der Waals surface area (Å²) in [5.74, 6) is 3.32. The highest BCUT2D eigenvalue weighted by molar-refractivity contribution is 5.85. The molecule has 1 aliphatic heterocycles. The summed E-state index contributed by atoms with van der Waals surface area (Å²) < 4.78 is 0. The van der Waals surface area contributed by atoms with Gasteiger partial charge in [-0.1, -0.05) is 36.8 Å². The number of carbonyl (C=O) groups is 1. The highest BCUT2D eigenvalue weighted by atomic mass is 16.1. The van der Waals surface area contributed by atoms with Crippen LogP contribution in [-0.4, -0.2) is 48.3 Å². The van der Waals surface area contributed by atoms with Gasteiger partial charge in [-0.15, -0.1) is 0 Å². The van der Waals surface area contributed by atoms with Crippen LogP contribution in [-0.2, 0) is 11.3 Å². The molecule has 3 heteroatoms. The van der Waals surface area contributed by atoms with Crippen molar-refractivity contribution in [2.24, 2.45) is 23.2 Å². The third-order valence-corrected chi connectivity index (χ3v) is 8.72. The number of piperazine rings is 1. The summed E-state index contributed by atoms with van der Waals surface area (Å²) in [6.45, 7) is 7.04. The van der Waals surface area contributed by atoms with Crippen molar-refractivity contribution in [3.05, 3.63) is 35.9 Å². The lowest BCUT2D eigenvalue weighted by atomic mass is 9.48. The van der Waals surface area contributed by atoms with Crippen LogP contribution < -0.4 is 0 Å². The molecule has 0 spiro atoms. The summed E-state index contributed by atoms with van der Waals surface area (Å²) in [4.78, 5) is 18.3. The van der Waals surface area contributed by atoms with Gasteiger partial charge in [0.15, 0.2) is 0 Å². The first kappa shape index (κ1) is 20.7. The molecule has 0 radical (unpaired) electrons. The highest BCUT2D eigenvalue weighted by Crippen LogP contribution is 2.60. The Morgan fingerprint density at radius 1 is 0.800 bits per heavy atom. The normalized spacial score (nSPS) is 33.8. The predicted molar refractivity (Wildman–Crippen MR) is 122 cm³/mol. The van der Waals surface area contributed by atoms with Crippen molar-refractivity contribution in [3.8, 4) is 0 Å². The van der Waals surface area contributed by atoms with Gasteiger partial charge in [0, 0.05) is 44.6 Å². The number of hydrogen-bond acceptors (Lipinski definition) is 3. The maximum absolute atomic E-state index is 13.1. The zero-order chi connectivity index (χ0) is 20.4. The lowest BCUT2D eigenvalue weighted by Gasteiger charge is -2.56. The third-order valence-electron chi connectivity index (χ3n) is 8.72. The van der Waals surface area contributed by atoms with Crippen LogP contribution in [0.3, 0.4) is 0 Å². The van der Waals surface area contributed by atoms with Gasteiger partial charge in [-0.2, -0.15) is 0 Å². The van der Waals surface area contributed by atoms with Gasteiger partial charge in [-0.3, -0.25) is 9.69 Å². The molecule has 1 saturated heterocycles. The second kappa shape index (κ2) is 9.12. The third kappa shape index (κ3) is 4.67. The average molecular weight is 409 g/mol. The van der Waals surface area contributed by atoms with Crippen molar-refractivity contribution < 1.29 is 4.79 Å². The van der Waals surface area contributed by atoms with E-state index in [2.05, 4.69) is 40.1 Å². The molecule has 1 aromatic rings. The number of Topliss-reactive ketones (excluding diaryl/α,β-unsaturated/α-hetero) is 1. The van der Waals surface area contributed by atoms with Gasteiger partial charge in [0.25, 0.3) is 0 Å². The number of benzene rings is 1. The van der Waals surface area contributed by atoms with Gasteiger partial charge in [-0.25, -0.2) is 0 Å². The number of nitrogens with zero attached hydrogens (tertiary/aromatic N) is 2. The number of carbonyl (C=O) groups excluding carboxylic acids is 1. The van der Waals surface area contributed by atoms with Crippen LogP contribution in [0, 0.1) is 23.2 Å². The smallest absolute Gasteiger partial charge is 0.139 e. The molecule has 0 N–H and O–H groups in total. The summed E-state index contributed by atoms with van der Waals surface area (Å²) >= 11 is 0. The molecule has 30 heavy (non-hydrogen) atoms. The lowest BCUT2D eigenvalue weighted by molar-refractivity contribution is -0.144. The van der Waals surface area contributed by atoms with Crippen molar-refractivity contribution in [2.45, 2.75) is 70.8 Å². The SMILES string of the molecule is O=C(CCCCCN1CCN(Cc2ccccc2)CC1)C12CC3CC(CC(C3)C1)C2. The van der Waals surface area contributed by atoms with Gasteiger partial charge in [0.1, 0.15) is 5.78 Å². The van der Waals surface area contributed by atoms with E-state index in [1.54, 1.807) is 0 Å². The molecule has 1 aromatic carbocycles. The highest BCUT2D eigenvalue weighted by Gasteiger charge is 2.53. The first-order valence-electron chi connectivity index (χ1n) is 12.7. The van der Waals surface area contributed by atoms with Gasteiger partial charge in [0.05, 0.1) is 0 Å². The van der Waals surface area contributed by atoms with Gasteiger partial charge in [-0.05, 0) is 81.2 Å². The molecule has 0 atom stereocenters. The van der Waals surface area contributed by atoms with Crippen LogP contribution in [0.5, 0.6) is 0 Å². The molecule has 4 bridgehead atoms. The molecular weight excluding hydrogens is 368 g/mol. The Labute approximate surface area is 183 Å². The fourth-order valence-electron chi connectivity index (χ4n) is 7.53. The van der Waals surface area contributed by atoms with Crippen molar-refractivity contribution in [1.82, 2.24) is 9.80 Å². The molecule has 0 unspecified atom stereocenters. The summed E-state index contributed by atoms with van der Waals surface area (Å²) in [7, 11) is 0. The molecule has 5 fully saturated rings. The molecule has 164 valence electrons. The van der Waals surface area contributed by atoms with E-state index in [4.69, 9.17) is 0 Å². The number of ketones is 1. The van der Waals surface area contributed by atoms with Crippen molar-refractivity contribution >= 4 is 5.78 Å². The minimum absolute atomic E-state index is 0.129. The fourth-order valence-corrected chi connectivity index (χ4v) is 7.53. The summed E-state index contributed by atoms with van der Waals surface area (Å²) in [6, 6.07) is 10.8. The van der Waals surface area contributed by atoms with Gasteiger partial charge < -0.3 is 4.90 Å². The minimum atomic E-state index is 0.129. The Morgan fingerprint density at radius 3 is 2.03 bits per heavy atom. The Hall–Kier alpha value is -1.19. The van der Waals surface area contributed by atoms with E-state index in [0.29, 0.717) is 5.78 Å². The van der Waals surface area contributed by atoms with E-state index in [9.17, 15) is 4.79 Å². The van der Waals surface area contributed by atoms with E-state index in [0.717, 1.165) is 37.1 Å². The average Bonchev–Trinajstić information content (AvgIpc) is 2.74. The summed E-state index contributed by atoms with van der Waals surface area (Å²) in [5, 5.41) is 0. The Balaban J connectivity index is 0.970. The summed E-state index contributed by atoms with van der Waals surface area (Å²) in [5.41, 5.74) is 1.55. The maximum atomic E-state index is 13.1. The van der Waals surface area contributed by atoms with Crippen molar-refractivity contribution in [3.63, 3.8) is 0 Å². The zero-order valence-corrected chi connectivity index (χ0v) is 18.7.